The largest absolute Gasteiger partial charge is 0.460 e. The predicted octanol–water partition coefficient (Wildman–Crippen LogP) is 27.7. The van der Waals surface area contributed by atoms with E-state index in [0.29, 0.717) is 0 Å². The zero-order valence-electron chi connectivity index (χ0n) is 56.5. The summed E-state index contributed by atoms with van der Waals surface area (Å²) < 4.78 is 1340. The van der Waals surface area contributed by atoms with Gasteiger partial charge in [0.1, 0.15) is 0 Å². The van der Waals surface area contributed by atoms with Crippen LogP contribution in [0.3, 0.4) is 0 Å². The summed E-state index contributed by atoms with van der Waals surface area (Å²) in [7, 11) is -53.8. The van der Waals surface area contributed by atoms with Crippen molar-refractivity contribution in [2.45, 2.75) is 242 Å². The molecule has 0 aromatic rings. The van der Waals surface area contributed by atoms with Gasteiger partial charge >= 0.3 is 268 Å². The van der Waals surface area contributed by atoms with Gasteiger partial charge < -0.3 is 8.23 Å². The number of hydrogen-bond donors (Lipinski definition) is 0. The van der Waals surface area contributed by atoms with Crippen LogP contribution < -0.4 is 0 Å². The van der Waals surface area contributed by atoms with Crippen LogP contribution in [0.15, 0.2) is 0 Å². The second-order valence-electron chi connectivity index (χ2n) is 24.9. The SMILES string of the molecule is FC(F)(F)C(F)(F)C(F)(F)C(F)(F)C(F)(F)[Si](O[Si](C(F)(F)C(F)(F)C(F)(F)C(F)(F)C(F)(F)C(F)(F)F)(C(F)(F)C(F)(F)C(F)(F)C(F)(F)C(F)(F)C(F)(F)F)C(F)(F)C(F)(F)C(F)(F)C(F)(F)C(F)(F)C(F)(F)F)O[Si](C(F)(F)C(F)(F)C(F)(F)C(F)(F)C(F)(F)C(F)(F)F)(C(F)(F)C(F)(F)C(F)(F)C(F)(F)C(F)(F)C(F)(F)F)C(F)(F)C(F)(F)C(F)(F)C(F)(F)C(F)(F)C(F)(F)F. The monoisotopic (exact) mass is 2300 g/mol. The minimum atomic E-state index is -19.0. The molecule has 0 aromatic heterocycles. The quantitative estimate of drug-likeness (QED) is 0.0453. The Morgan fingerprint density at radius 1 is 0.0963 bits per heavy atom. The first kappa shape index (κ1) is 129. The fourth-order valence-electron chi connectivity index (χ4n) is 8.64. The molecule has 135 heavy (non-hydrogen) atoms. The lowest BCUT2D eigenvalue weighted by molar-refractivity contribution is -0.447. The van der Waals surface area contributed by atoms with Crippen molar-refractivity contribution in [2.24, 2.45) is 0 Å². The van der Waals surface area contributed by atoms with Crippen LogP contribution in [0, 0.1) is 0 Å². The highest BCUT2D eigenvalue weighted by Crippen LogP contribution is 2.78. The van der Waals surface area contributed by atoms with E-state index in [2.05, 4.69) is 0 Å². The van der Waals surface area contributed by atoms with Crippen molar-refractivity contribution in [2.75, 3.05) is 0 Å². The average molecular weight is 2300 g/mol. The van der Waals surface area contributed by atoms with Crippen LogP contribution in [0.4, 0.5) is 391 Å². The maximum Gasteiger partial charge on any atom is 0.460 e. The van der Waals surface area contributed by atoms with E-state index in [9.17, 15) is 206 Å². The van der Waals surface area contributed by atoms with Crippen LogP contribution in [-0.2, 0) is 8.23 Å². The number of halogens is 89. The lowest BCUT2D eigenvalue weighted by Crippen LogP contribution is -2.95. The Morgan fingerprint density at radius 3 is 0.252 bits per heavy atom. The van der Waals surface area contributed by atoms with Crippen LogP contribution >= 0.6 is 0 Å². The molecule has 94 heteroatoms. The molecule has 0 rings (SSSR count). The molecule has 0 aliphatic carbocycles. The molecular weight excluding hydrogens is 2300 g/mol. The van der Waals surface area contributed by atoms with Gasteiger partial charge in [-0.15, -0.1) is 0 Å². The van der Waals surface area contributed by atoms with Crippen LogP contribution in [0.5, 0.6) is 0 Å². The summed E-state index contributed by atoms with van der Waals surface area (Å²) in [5, 5.41) is 0. The van der Waals surface area contributed by atoms with Gasteiger partial charge in [0.2, 0.25) is 0 Å². The van der Waals surface area contributed by atoms with Crippen LogP contribution in [0.1, 0.15) is 0 Å². The molecule has 0 atom stereocenters. The van der Waals surface area contributed by atoms with Crippen molar-refractivity contribution in [1.82, 2.24) is 0 Å². The highest BCUT2D eigenvalue weighted by Gasteiger charge is 3.14. The summed E-state index contributed by atoms with van der Waals surface area (Å²) in [6, 6.07) is 0. The van der Waals surface area contributed by atoms with E-state index >= 15 is 184 Å². The fourth-order valence-corrected chi connectivity index (χ4v) is 21.9. The molecule has 0 bridgehead atoms. The average Bonchev–Trinajstić information content (AvgIpc) is 0.645. The summed E-state index contributed by atoms with van der Waals surface area (Å²) in [6.07, 6.45) is -72.5. The fraction of sp³-hybridized carbons (Fsp3) is 1.00. The first-order valence-corrected chi connectivity index (χ1v) is 33.0. The number of hydrogen-bond acceptors (Lipinski definition) is 2. The molecule has 0 saturated heterocycles. The van der Waals surface area contributed by atoms with Crippen molar-refractivity contribution in [1.29, 1.82) is 0 Å². The second-order valence-corrected chi connectivity index (χ2v) is 34.2. The van der Waals surface area contributed by atoms with Crippen LogP contribution in [0.25, 0.3) is 0 Å². The van der Waals surface area contributed by atoms with Gasteiger partial charge in [-0.2, -0.15) is 338 Å². The number of alkyl halides is 89. The smallest absolute Gasteiger partial charge is 0.419 e. The highest BCUT2D eigenvalue weighted by molar-refractivity contribution is 6.90. The van der Waals surface area contributed by atoms with Gasteiger partial charge in [-0.1, -0.05) is 0 Å². The van der Waals surface area contributed by atoms with E-state index in [1.54, 1.807) is 0 Å². The Balaban J connectivity index is 15.3. The zero-order chi connectivity index (χ0) is 112. The summed E-state index contributed by atoms with van der Waals surface area (Å²) in [5.74, 6) is -336. The van der Waals surface area contributed by atoms with Gasteiger partial charge in [0.25, 0.3) is 0 Å². The van der Waals surface area contributed by atoms with Gasteiger partial charge in [0, 0.05) is 0 Å². The minimum Gasteiger partial charge on any atom is -0.419 e. The summed E-state index contributed by atoms with van der Waals surface area (Å²) in [5.41, 5.74) is -102. The summed E-state index contributed by atoms with van der Waals surface area (Å²) >= 11 is 0. The highest BCUT2D eigenvalue weighted by atomic mass is 28.4. The molecule has 0 N–H and O–H groups in total. The van der Waals surface area contributed by atoms with Gasteiger partial charge in [-0.3, -0.25) is 0 Å². The van der Waals surface area contributed by atoms with Crippen molar-refractivity contribution >= 4 is 25.9 Å². The Kier molecular flexibility index (Phi) is 30.1. The van der Waals surface area contributed by atoms with Crippen molar-refractivity contribution in [3.63, 3.8) is 0 Å². The molecule has 2 nitrogen and oxygen atoms in total. The molecule has 1 radical (unpaired) electrons. The third kappa shape index (κ3) is 14.9. The Hall–Kier alpha value is -5.66. The minimum absolute atomic E-state index is 0.885. The van der Waals surface area contributed by atoms with E-state index < -0.39 is 276 Å². The topological polar surface area (TPSA) is 18.5 Å². The summed E-state index contributed by atoms with van der Waals surface area (Å²) in [6.45, 7) is 0. The van der Waals surface area contributed by atoms with Crippen LogP contribution in [-0.4, -0.2) is 268 Å². The second kappa shape index (κ2) is 31.4. The third-order valence-corrected chi connectivity index (χ3v) is 28.5. The van der Waals surface area contributed by atoms with Gasteiger partial charge in [0.15, 0.2) is 0 Å². The van der Waals surface area contributed by atoms with Gasteiger partial charge in [0.05, 0.1) is 0 Å². The third-order valence-electron chi connectivity index (χ3n) is 16.5. The lowest BCUT2D eigenvalue weighted by atomic mass is 9.97. The van der Waals surface area contributed by atoms with E-state index in [1.165, 1.54) is 0 Å². The Bertz CT molecular complexity index is 3590. The molecule has 0 aliphatic heterocycles. The molecule has 0 amide bonds. The number of rotatable bonds is 38. The van der Waals surface area contributed by atoms with E-state index in [1.807, 2.05) is 0 Å². The first-order valence-electron chi connectivity index (χ1n) is 27.9. The van der Waals surface area contributed by atoms with E-state index in [0.717, 1.165) is 0 Å². The molecule has 0 heterocycles. The molecule has 0 aromatic carbocycles. The normalized spacial score (nSPS) is 17.6. The van der Waals surface area contributed by atoms with Gasteiger partial charge in [-0.25, -0.2) is 52.7 Å². The Labute approximate surface area is 668 Å². The lowest BCUT2D eigenvalue weighted by Gasteiger charge is -2.57. The summed E-state index contributed by atoms with van der Waals surface area (Å²) in [4.78, 5) is 0. The molecule has 0 saturated carbocycles. The maximum atomic E-state index is 17.3. The molecule has 0 spiro atoms. The first-order chi connectivity index (χ1) is 56.3. The molecule has 811 valence electrons. The molecule has 0 unspecified atom stereocenters. The van der Waals surface area contributed by atoms with Crippen molar-refractivity contribution in [3.05, 3.63) is 0 Å². The van der Waals surface area contributed by atoms with E-state index in [4.69, 9.17) is 0 Å². The van der Waals surface area contributed by atoms with Crippen LogP contribution in [0.2, 0.25) is 0 Å². The zero-order valence-corrected chi connectivity index (χ0v) is 59.5. The molecular formula is C41F89O2Si3. The maximum absolute atomic E-state index is 19.0. The Morgan fingerprint density at radius 2 is 0.170 bits per heavy atom. The molecule has 0 aliphatic rings. The van der Waals surface area contributed by atoms with E-state index in [-0.39, 0.29) is 0 Å². The van der Waals surface area contributed by atoms with Crippen molar-refractivity contribution < 1.29 is 399 Å². The van der Waals surface area contributed by atoms with Crippen molar-refractivity contribution in [3.8, 4) is 0 Å². The van der Waals surface area contributed by atoms with Gasteiger partial charge in [-0.05, 0) is 0 Å². The molecule has 0 fully saturated rings. The predicted molar refractivity (Wildman–Crippen MR) is 230 cm³/mol. The standard InChI is InChI=1S/C41F89O2Si3/c42-1(43,14(68,69)28(96,97)98)7(54,55)22(84,85)36(119,120)134(37(121,122)23(86,87)8(56,57)2(44,45)15(70,71)29(99,100)101,38(123,124)24(88,89)9(58,59)3(46,47)16(72,73)30(102,103)104)131-133(35(117,118)21(82,83)13(66,67)20(80,81)34(114,115)116)132-135(39(125,126)25(90,91)10(60,61)4(48,49)17(74,75)31(105,106)107,40(127,128)26(92,93)11(62,63)5(50,51)18(76,77)32(108,109)110)41(129,130)27(94,95)12(64,65)6(52,53)19(78,79)33(111,112)113.